The van der Waals surface area contributed by atoms with E-state index in [-0.39, 0.29) is 5.56 Å². The van der Waals surface area contributed by atoms with Crippen molar-refractivity contribution in [3.8, 4) is 0 Å². The van der Waals surface area contributed by atoms with Crippen molar-refractivity contribution in [1.82, 2.24) is 5.32 Å². The summed E-state index contributed by atoms with van der Waals surface area (Å²) < 4.78 is 5.20. The van der Waals surface area contributed by atoms with Gasteiger partial charge in [0, 0.05) is 6.04 Å². The van der Waals surface area contributed by atoms with Crippen LogP contribution in [0.1, 0.15) is 42.8 Å². The van der Waals surface area contributed by atoms with Crippen LogP contribution < -0.4 is 5.32 Å². The van der Waals surface area contributed by atoms with E-state index < -0.39 is 5.97 Å². The topological polar surface area (TPSA) is 62.5 Å². The maximum Gasteiger partial charge on any atom is 0.338 e. The molecular formula is C13H19NO3. The first-order chi connectivity index (χ1) is 8.08. The second-order valence-electron chi connectivity index (χ2n) is 5.01. The van der Waals surface area contributed by atoms with Crippen LogP contribution in [0.5, 0.6) is 0 Å². The average Bonchev–Trinajstić information content (AvgIpc) is 2.86. The number of aromatic carboxylic acids is 1. The number of carboxylic acid groups (broad SMARTS) is 1. The Labute approximate surface area is 101 Å². The third-order valence-corrected chi connectivity index (χ3v) is 3.90. The molecule has 3 unspecified atom stereocenters. The molecule has 1 aromatic rings. The van der Waals surface area contributed by atoms with Gasteiger partial charge in [-0.3, -0.25) is 0 Å². The molecule has 0 saturated heterocycles. The molecule has 1 heterocycles. The molecule has 17 heavy (non-hydrogen) atoms. The molecule has 0 aromatic carbocycles. The summed E-state index contributed by atoms with van der Waals surface area (Å²) in [7, 11) is 0. The number of furan rings is 1. The van der Waals surface area contributed by atoms with Crippen LogP contribution in [0, 0.1) is 11.8 Å². The zero-order valence-corrected chi connectivity index (χ0v) is 10.3. The number of hydrogen-bond donors (Lipinski definition) is 2. The van der Waals surface area contributed by atoms with E-state index in [1.165, 1.54) is 19.1 Å². The Morgan fingerprint density at radius 1 is 1.53 bits per heavy atom. The predicted octanol–water partition coefficient (Wildman–Crippen LogP) is 2.50. The van der Waals surface area contributed by atoms with Gasteiger partial charge in [0.25, 0.3) is 0 Å². The number of carboxylic acids is 1. The molecule has 0 aliphatic heterocycles. The first-order valence-corrected chi connectivity index (χ1v) is 6.12. The molecule has 0 bridgehead atoms. The largest absolute Gasteiger partial charge is 0.478 e. The molecule has 0 amide bonds. The Bertz CT molecular complexity index is 399. The van der Waals surface area contributed by atoms with Crippen molar-refractivity contribution in [2.24, 2.45) is 11.8 Å². The van der Waals surface area contributed by atoms with Crippen molar-refractivity contribution in [2.45, 2.75) is 39.3 Å². The standard InChI is InChI=1S/C13H19NO3/c1-8-3-4-12(9(8)2)14-6-11-5-10(7-17-11)13(15)16/h5,7-9,12,14H,3-4,6H2,1-2H3,(H,15,16). The molecule has 4 nitrogen and oxygen atoms in total. The lowest BCUT2D eigenvalue weighted by Crippen LogP contribution is -2.31. The Kier molecular flexibility index (Phi) is 3.52. The second-order valence-corrected chi connectivity index (χ2v) is 5.01. The summed E-state index contributed by atoms with van der Waals surface area (Å²) >= 11 is 0. The lowest BCUT2D eigenvalue weighted by molar-refractivity contribution is 0.0696. The highest BCUT2D eigenvalue weighted by molar-refractivity contribution is 5.87. The summed E-state index contributed by atoms with van der Waals surface area (Å²) in [6.07, 6.45) is 3.74. The van der Waals surface area contributed by atoms with Crippen molar-refractivity contribution < 1.29 is 14.3 Å². The summed E-state index contributed by atoms with van der Waals surface area (Å²) in [6, 6.07) is 2.10. The maximum absolute atomic E-state index is 10.7. The van der Waals surface area contributed by atoms with Gasteiger partial charge in [-0.25, -0.2) is 4.79 Å². The van der Waals surface area contributed by atoms with Crippen LogP contribution >= 0.6 is 0 Å². The van der Waals surface area contributed by atoms with E-state index in [0.717, 1.165) is 5.92 Å². The van der Waals surface area contributed by atoms with Crippen molar-refractivity contribution in [1.29, 1.82) is 0 Å². The van der Waals surface area contributed by atoms with E-state index >= 15 is 0 Å². The van der Waals surface area contributed by atoms with Crippen molar-refractivity contribution in [2.75, 3.05) is 0 Å². The first-order valence-electron chi connectivity index (χ1n) is 6.12. The van der Waals surface area contributed by atoms with Gasteiger partial charge in [-0.05, 0) is 30.7 Å². The van der Waals surface area contributed by atoms with Gasteiger partial charge in [0.15, 0.2) is 0 Å². The van der Waals surface area contributed by atoms with Crippen LogP contribution in [0.15, 0.2) is 16.7 Å². The molecule has 94 valence electrons. The third kappa shape index (κ3) is 2.69. The van der Waals surface area contributed by atoms with Gasteiger partial charge in [0.2, 0.25) is 0 Å². The van der Waals surface area contributed by atoms with Crippen LogP contribution in [0.4, 0.5) is 0 Å². The van der Waals surface area contributed by atoms with E-state index in [2.05, 4.69) is 19.2 Å². The number of rotatable bonds is 4. The van der Waals surface area contributed by atoms with Gasteiger partial charge >= 0.3 is 5.97 Å². The lowest BCUT2D eigenvalue weighted by atomic mass is 9.98. The quantitative estimate of drug-likeness (QED) is 0.844. The predicted molar refractivity (Wildman–Crippen MR) is 63.9 cm³/mol. The molecular weight excluding hydrogens is 218 g/mol. The van der Waals surface area contributed by atoms with Gasteiger partial charge < -0.3 is 14.8 Å². The minimum atomic E-state index is -0.942. The van der Waals surface area contributed by atoms with Crippen molar-refractivity contribution in [3.05, 3.63) is 23.7 Å². The van der Waals surface area contributed by atoms with Crippen LogP contribution in [-0.4, -0.2) is 17.1 Å². The zero-order chi connectivity index (χ0) is 12.4. The fourth-order valence-corrected chi connectivity index (χ4v) is 2.47. The minimum absolute atomic E-state index is 0.217. The molecule has 1 saturated carbocycles. The van der Waals surface area contributed by atoms with Crippen molar-refractivity contribution >= 4 is 5.97 Å². The molecule has 4 heteroatoms. The van der Waals surface area contributed by atoms with Crippen LogP contribution in [0.2, 0.25) is 0 Å². The number of hydrogen-bond acceptors (Lipinski definition) is 3. The number of carbonyl (C=O) groups is 1. The van der Waals surface area contributed by atoms with E-state index in [1.807, 2.05) is 0 Å². The summed E-state index contributed by atoms with van der Waals surface area (Å²) in [5.74, 6) is 1.18. The molecule has 2 N–H and O–H groups in total. The van der Waals surface area contributed by atoms with Gasteiger partial charge in [-0.1, -0.05) is 13.8 Å². The molecule has 1 aromatic heterocycles. The third-order valence-electron chi connectivity index (χ3n) is 3.90. The molecule has 1 aliphatic rings. The van der Waals surface area contributed by atoms with Crippen LogP contribution in [0.3, 0.4) is 0 Å². The molecule has 1 aliphatic carbocycles. The minimum Gasteiger partial charge on any atom is -0.478 e. The highest BCUT2D eigenvalue weighted by Gasteiger charge is 2.29. The Morgan fingerprint density at radius 3 is 2.82 bits per heavy atom. The second kappa shape index (κ2) is 4.92. The van der Waals surface area contributed by atoms with Gasteiger partial charge in [0.1, 0.15) is 12.0 Å². The fraction of sp³-hybridized carbons (Fsp3) is 0.615. The SMILES string of the molecule is CC1CCC(NCc2cc(C(=O)O)co2)C1C. The highest BCUT2D eigenvalue weighted by atomic mass is 16.4. The van der Waals surface area contributed by atoms with E-state index in [4.69, 9.17) is 9.52 Å². The van der Waals surface area contributed by atoms with E-state index in [9.17, 15) is 4.79 Å². The summed E-state index contributed by atoms with van der Waals surface area (Å²) in [5.41, 5.74) is 0.217. The van der Waals surface area contributed by atoms with Gasteiger partial charge in [0.05, 0.1) is 12.1 Å². The summed E-state index contributed by atoms with van der Waals surface area (Å²) in [6.45, 7) is 5.15. The smallest absolute Gasteiger partial charge is 0.338 e. The molecule has 0 radical (unpaired) electrons. The Morgan fingerprint density at radius 2 is 2.29 bits per heavy atom. The molecule has 3 atom stereocenters. The highest BCUT2D eigenvalue weighted by Crippen LogP contribution is 2.31. The molecule has 0 spiro atoms. The number of nitrogens with one attached hydrogen (secondary N) is 1. The van der Waals surface area contributed by atoms with Crippen LogP contribution in [-0.2, 0) is 6.54 Å². The molecule has 2 rings (SSSR count). The normalized spacial score (nSPS) is 28.5. The zero-order valence-electron chi connectivity index (χ0n) is 10.3. The van der Waals surface area contributed by atoms with Gasteiger partial charge in [-0.15, -0.1) is 0 Å². The van der Waals surface area contributed by atoms with Gasteiger partial charge in [-0.2, -0.15) is 0 Å². The summed E-state index contributed by atoms with van der Waals surface area (Å²) in [5, 5.41) is 12.2. The van der Waals surface area contributed by atoms with Crippen LogP contribution in [0.25, 0.3) is 0 Å². The van der Waals surface area contributed by atoms with E-state index in [0.29, 0.717) is 24.3 Å². The van der Waals surface area contributed by atoms with E-state index in [1.54, 1.807) is 6.07 Å². The van der Waals surface area contributed by atoms with Crippen molar-refractivity contribution in [3.63, 3.8) is 0 Å². The monoisotopic (exact) mass is 237 g/mol. The summed E-state index contributed by atoms with van der Waals surface area (Å²) in [4.78, 5) is 10.7. The maximum atomic E-state index is 10.7. The average molecular weight is 237 g/mol. The Balaban J connectivity index is 1.87. The Hall–Kier alpha value is -1.29. The molecule has 1 fully saturated rings. The lowest BCUT2D eigenvalue weighted by Gasteiger charge is -2.18. The first kappa shape index (κ1) is 12.2. The fourth-order valence-electron chi connectivity index (χ4n) is 2.47.